The van der Waals surface area contributed by atoms with E-state index in [1.807, 2.05) is 30.5 Å². The maximum atomic E-state index is 11.1. The molecule has 0 aliphatic carbocycles. The van der Waals surface area contributed by atoms with Crippen LogP contribution < -0.4 is 0 Å². The van der Waals surface area contributed by atoms with E-state index in [4.69, 9.17) is 0 Å². The topological polar surface area (TPSA) is 71.9 Å². The molecular weight excluding hydrogens is 374 g/mol. The Kier molecular flexibility index (Phi) is 5.15. The molecular formula is C25H19N3O2. The molecule has 30 heavy (non-hydrogen) atoms. The molecule has 0 bridgehead atoms. The quantitative estimate of drug-likeness (QED) is 0.238. The molecule has 0 aliphatic heterocycles. The number of rotatable bonds is 5. The monoisotopic (exact) mass is 393 g/mol. The molecule has 146 valence electrons. The minimum Gasteiger partial charge on any atom is -0.342 e. The van der Waals surface area contributed by atoms with Crippen LogP contribution in [0.25, 0.3) is 22.6 Å². The van der Waals surface area contributed by atoms with Gasteiger partial charge in [0.15, 0.2) is 0 Å². The second kappa shape index (κ2) is 8.06. The summed E-state index contributed by atoms with van der Waals surface area (Å²) < 4.78 is 2.17. The van der Waals surface area contributed by atoms with Crippen LogP contribution in [0.3, 0.4) is 0 Å². The van der Waals surface area contributed by atoms with Crippen molar-refractivity contribution in [3.05, 3.63) is 111 Å². The van der Waals surface area contributed by atoms with Crippen LogP contribution in [0.1, 0.15) is 22.3 Å². The predicted octanol–water partition coefficient (Wildman–Crippen LogP) is 5.97. The molecule has 0 radical (unpaired) electrons. The van der Waals surface area contributed by atoms with Crippen molar-refractivity contribution in [3.8, 4) is 6.07 Å². The number of aromatic nitrogens is 1. The molecule has 1 aromatic heterocycles. The van der Waals surface area contributed by atoms with Crippen LogP contribution in [-0.4, -0.2) is 9.49 Å². The standard InChI is InChI=1S/C25H19N3O2/c1-18-6-4-7-19(12-18)16-27-17-22(24-10-2-3-11-25(24)27)13-21(15-26)20-8-5-9-23(14-20)28(29)30/h2-14,17H,16H2,1H3. The van der Waals surface area contributed by atoms with E-state index in [2.05, 4.69) is 41.8 Å². The Balaban J connectivity index is 1.80. The number of nitriles is 1. The summed E-state index contributed by atoms with van der Waals surface area (Å²) in [6.07, 6.45) is 3.83. The van der Waals surface area contributed by atoms with Crippen molar-refractivity contribution in [2.45, 2.75) is 13.5 Å². The Morgan fingerprint density at radius 3 is 2.67 bits per heavy atom. The van der Waals surface area contributed by atoms with Gasteiger partial charge in [-0.25, -0.2) is 0 Å². The molecule has 0 spiro atoms. The first kappa shape index (κ1) is 19.2. The van der Waals surface area contributed by atoms with E-state index in [9.17, 15) is 15.4 Å². The molecule has 4 rings (SSSR count). The highest BCUT2D eigenvalue weighted by Gasteiger charge is 2.12. The highest BCUT2D eigenvalue weighted by Crippen LogP contribution is 2.28. The first-order valence-corrected chi connectivity index (χ1v) is 9.55. The van der Waals surface area contributed by atoms with Gasteiger partial charge in [0.1, 0.15) is 0 Å². The Hall–Kier alpha value is -4.17. The van der Waals surface area contributed by atoms with Crippen LogP contribution in [0, 0.1) is 28.4 Å². The highest BCUT2D eigenvalue weighted by molar-refractivity contribution is 5.98. The number of nitrogens with zero attached hydrogens (tertiary/aromatic N) is 3. The van der Waals surface area contributed by atoms with Gasteiger partial charge >= 0.3 is 0 Å². The first-order chi connectivity index (χ1) is 14.5. The van der Waals surface area contributed by atoms with Crippen molar-refractivity contribution >= 4 is 28.2 Å². The molecule has 3 aromatic carbocycles. The third-order valence-corrected chi connectivity index (χ3v) is 5.04. The summed E-state index contributed by atoms with van der Waals surface area (Å²) in [7, 11) is 0. The van der Waals surface area contributed by atoms with Gasteiger partial charge in [0, 0.05) is 41.3 Å². The zero-order valence-corrected chi connectivity index (χ0v) is 16.4. The maximum Gasteiger partial charge on any atom is 0.270 e. The van der Waals surface area contributed by atoms with Gasteiger partial charge in [-0.05, 0) is 30.2 Å². The van der Waals surface area contributed by atoms with Crippen molar-refractivity contribution < 1.29 is 4.92 Å². The number of aryl methyl sites for hydroxylation is 1. The lowest BCUT2D eigenvalue weighted by molar-refractivity contribution is -0.384. The Bertz CT molecular complexity index is 1330. The molecule has 5 nitrogen and oxygen atoms in total. The van der Waals surface area contributed by atoms with Crippen molar-refractivity contribution in [1.82, 2.24) is 4.57 Å². The molecule has 0 fully saturated rings. The smallest absolute Gasteiger partial charge is 0.270 e. The van der Waals surface area contributed by atoms with Gasteiger partial charge in [-0.1, -0.05) is 60.2 Å². The minimum atomic E-state index is -0.452. The molecule has 0 saturated heterocycles. The fourth-order valence-corrected chi connectivity index (χ4v) is 3.65. The summed E-state index contributed by atoms with van der Waals surface area (Å²) in [6.45, 7) is 2.79. The summed E-state index contributed by atoms with van der Waals surface area (Å²) >= 11 is 0. The van der Waals surface area contributed by atoms with E-state index in [1.165, 1.54) is 23.3 Å². The Morgan fingerprint density at radius 1 is 1.10 bits per heavy atom. The summed E-state index contributed by atoms with van der Waals surface area (Å²) in [6, 6.07) is 24.8. The zero-order chi connectivity index (χ0) is 21.1. The van der Waals surface area contributed by atoms with Gasteiger partial charge in [0.2, 0.25) is 0 Å². The normalized spacial score (nSPS) is 11.4. The third-order valence-electron chi connectivity index (χ3n) is 5.04. The number of hydrogen-bond acceptors (Lipinski definition) is 3. The van der Waals surface area contributed by atoms with Gasteiger partial charge in [0.25, 0.3) is 5.69 Å². The molecule has 5 heteroatoms. The third kappa shape index (κ3) is 3.85. The van der Waals surface area contributed by atoms with Crippen LogP contribution >= 0.6 is 0 Å². The number of benzene rings is 3. The average molecular weight is 393 g/mol. The van der Waals surface area contributed by atoms with Crippen molar-refractivity contribution in [3.63, 3.8) is 0 Å². The van der Waals surface area contributed by atoms with Crippen LogP contribution in [0.5, 0.6) is 0 Å². The van der Waals surface area contributed by atoms with Crippen LogP contribution in [-0.2, 0) is 6.54 Å². The number of fused-ring (bicyclic) bond motifs is 1. The molecule has 0 saturated carbocycles. The predicted molar refractivity (Wildman–Crippen MR) is 119 cm³/mol. The molecule has 0 aliphatic rings. The second-order valence-corrected chi connectivity index (χ2v) is 7.20. The van der Waals surface area contributed by atoms with E-state index in [0.717, 1.165) is 16.5 Å². The molecule has 0 atom stereocenters. The summed E-state index contributed by atoms with van der Waals surface area (Å²) in [5.41, 5.74) is 5.27. The Morgan fingerprint density at radius 2 is 1.90 bits per heavy atom. The van der Waals surface area contributed by atoms with E-state index in [1.54, 1.807) is 18.2 Å². The van der Waals surface area contributed by atoms with Gasteiger partial charge in [-0.3, -0.25) is 10.1 Å². The van der Waals surface area contributed by atoms with Crippen LogP contribution in [0.2, 0.25) is 0 Å². The van der Waals surface area contributed by atoms with E-state index >= 15 is 0 Å². The number of allylic oxidation sites excluding steroid dienone is 1. The lowest BCUT2D eigenvalue weighted by Crippen LogP contribution is -1.97. The number of non-ortho nitro benzene ring substituents is 1. The number of nitro benzene ring substituents is 1. The molecule has 1 heterocycles. The second-order valence-electron chi connectivity index (χ2n) is 7.20. The lowest BCUT2D eigenvalue weighted by Gasteiger charge is -2.06. The first-order valence-electron chi connectivity index (χ1n) is 9.55. The molecule has 0 amide bonds. The Labute approximate surface area is 174 Å². The number of hydrogen-bond donors (Lipinski definition) is 0. The lowest BCUT2D eigenvalue weighted by atomic mass is 10.0. The summed E-state index contributed by atoms with van der Waals surface area (Å²) in [5.74, 6) is 0. The average Bonchev–Trinajstić information content (AvgIpc) is 3.09. The maximum absolute atomic E-state index is 11.1. The molecule has 4 aromatic rings. The summed E-state index contributed by atoms with van der Waals surface area (Å²) in [4.78, 5) is 10.6. The highest BCUT2D eigenvalue weighted by atomic mass is 16.6. The van der Waals surface area contributed by atoms with E-state index in [0.29, 0.717) is 17.7 Å². The van der Waals surface area contributed by atoms with Crippen molar-refractivity contribution in [1.29, 1.82) is 5.26 Å². The van der Waals surface area contributed by atoms with Gasteiger partial charge in [0.05, 0.1) is 16.6 Å². The minimum absolute atomic E-state index is 0.0319. The zero-order valence-electron chi connectivity index (χ0n) is 16.4. The number of para-hydroxylation sites is 1. The van der Waals surface area contributed by atoms with Crippen LogP contribution in [0.15, 0.2) is 79.0 Å². The fraction of sp³-hybridized carbons (Fsp3) is 0.0800. The van der Waals surface area contributed by atoms with E-state index < -0.39 is 4.92 Å². The fourth-order valence-electron chi connectivity index (χ4n) is 3.65. The van der Waals surface area contributed by atoms with Gasteiger partial charge in [-0.15, -0.1) is 0 Å². The molecule has 0 N–H and O–H groups in total. The largest absolute Gasteiger partial charge is 0.342 e. The number of nitro groups is 1. The van der Waals surface area contributed by atoms with Crippen LogP contribution in [0.4, 0.5) is 5.69 Å². The van der Waals surface area contributed by atoms with Crippen molar-refractivity contribution in [2.24, 2.45) is 0 Å². The SMILES string of the molecule is Cc1cccc(Cn2cc(C=C(C#N)c3cccc([N+](=O)[O-])c3)c3ccccc32)c1. The van der Waals surface area contributed by atoms with Gasteiger partial charge in [-0.2, -0.15) is 5.26 Å². The van der Waals surface area contributed by atoms with E-state index in [-0.39, 0.29) is 5.69 Å². The molecule has 0 unspecified atom stereocenters. The van der Waals surface area contributed by atoms with Gasteiger partial charge < -0.3 is 4.57 Å². The summed E-state index contributed by atoms with van der Waals surface area (Å²) in [5, 5.41) is 21.8. The van der Waals surface area contributed by atoms with Crippen molar-refractivity contribution in [2.75, 3.05) is 0 Å².